The first kappa shape index (κ1) is 21.3. The molecule has 1 aliphatic rings. The molecule has 0 radical (unpaired) electrons. The van der Waals surface area contributed by atoms with Crippen molar-refractivity contribution in [3.63, 3.8) is 0 Å². The molecule has 1 atom stereocenters. The monoisotopic (exact) mass is 470 g/mol. The lowest BCUT2D eigenvalue weighted by Gasteiger charge is -2.17. The van der Waals surface area contributed by atoms with Gasteiger partial charge in [0.2, 0.25) is 11.7 Å². The summed E-state index contributed by atoms with van der Waals surface area (Å²) >= 11 is 0. The summed E-state index contributed by atoms with van der Waals surface area (Å²) in [4.78, 5) is 39.9. The van der Waals surface area contributed by atoms with Crippen LogP contribution in [0.3, 0.4) is 0 Å². The van der Waals surface area contributed by atoms with Crippen LogP contribution in [-0.4, -0.2) is 46.2 Å². The van der Waals surface area contributed by atoms with Gasteiger partial charge < -0.3 is 9.88 Å². The molecule has 0 saturated carbocycles. The first-order valence-electron chi connectivity index (χ1n) is 11.9. The second-order valence-electron chi connectivity index (χ2n) is 9.20. The molecule has 1 fully saturated rings. The first-order chi connectivity index (χ1) is 17.0. The summed E-state index contributed by atoms with van der Waals surface area (Å²) in [6.07, 6.45) is 8.45. The number of carbonyl (C=O) groups is 1. The number of carbonyl (C=O) groups excluding carboxylic acids is 1. The Labute approximate surface area is 200 Å². The third-order valence-corrected chi connectivity index (χ3v) is 6.55. The molecule has 10 heteroatoms. The van der Waals surface area contributed by atoms with E-state index in [-0.39, 0.29) is 17.4 Å². The highest BCUT2D eigenvalue weighted by Gasteiger charge is 2.31. The Morgan fingerprint density at radius 3 is 2.94 bits per heavy atom. The van der Waals surface area contributed by atoms with Crippen LogP contribution in [0.1, 0.15) is 25.3 Å². The van der Waals surface area contributed by atoms with Crippen LogP contribution in [0.4, 0.5) is 5.69 Å². The van der Waals surface area contributed by atoms with Crippen molar-refractivity contribution in [2.24, 2.45) is 5.92 Å². The maximum Gasteiger partial charge on any atom is 0.280 e. The van der Waals surface area contributed by atoms with Gasteiger partial charge in [0.15, 0.2) is 11.2 Å². The fourth-order valence-corrected chi connectivity index (χ4v) is 4.94. The molecule has 1 aromatic carbocycles. The van der Waals surface area contributed by atoms with Gasteiger partial charge in [-0.2, -0.15) is 5.10 Å². The second kappa shape index (κ2) is 8.23. The summed E-state index contributed by atoms with van der Waals surface area (Å²) < 4.78 is 5.36. The van der Waals surface area contributed by atoms with Crippen LogP contribution in [0.2, 0.25) is 0 Å². The third-order valence-electron chi connectivity index (χ3n) is 6.55. The molecule has 4 aromatic heterocycles. The van der Waals surface area contributed by atoms with Crippen molar-refractivity contribution >= 4 is 28.5 Å². The lowest BCUT2D eigenvalue weighted by molar-refractivity contribution is -0.117. The molecule has 5 heterocycles. The van der Waals surface area contributed by atoms with Crippen molar-refractivity contribution in [1.29, 1.82) is 0 Å². The summed E-state index contributed by atoms with van der Waals surface area (Å²) in [5.74, 6) is 1.47. The quantitative estimate of drug-likeness (QED) is 0.411. The van der Waals surface area contributed by atoms with Gasteiger partial charge in [-0.3, -0.25) is 23.2 Å². The number of nitrogens with zero attached hydrogens (tertiary/aromatic N) is 7. The number of rotatable bonds is 6. The van der Waals surface area contributed by atoms with Crippen LogP contribution in [0.25, 0.3) is 28.3 Å². The number of fused-ring (bicyclic) bond motifs is 3. The molecule has 1 unspecified atom stereocenters. The number of benzene rings is 1. The summed E-state index contributed by atoms with van der Waals surface area (Å²) in [7, 11) is 0. The van der Waals surface area contributed by atoms with Crippen molar-refractivity contribution in [2.45, 2.75) is 39.8 Å². The largest absolute Gasteiger partial charge is 0.332 e. The molecule has 5 aromatic rings. The van der Waals surface area contributed by atoms with E-state index in [1.54, 1.807) is 17.0 Å². The van der Waals surface area contributed by atoms with Gasteiger partial charge in [-0.15, -0.1) is 0 Å². The van der Waals surface area contributed by atoms with E-state index in [0.29, 0.717) is 48.8 Å². The minimum atomic E-state index is -0.132. The van der Waals surface area contributed by atoms with Crippen molar-refractivity contribution in [2.75, 3.05) is 11.4 Å². The predicted molar refractivity (Wildman–Crippen MR) is 132 cm³/mol. The van der Waals surface area contributed by atoms with Crippen LogP contribution in [-0.2, 0) is 17.9 Å². The van der Waals surface area contributed by atoms with E-state index < -0.39 is 0 Å². The Morgan fingerprint density at radius 1 is 1.23 bits per heavy atom. The average Bonchev–Trinajstić information content (AvgIpc) is 3.62. The Morgan fingerprint density at radius 2 is 2.11 bits per heavy atom. The lowest BCUT2D eigenvalue weighted by atomic mass is 10.1. The number of nitrogens with one attached hydrogen (secondary N) is 1. The van der Waals surface area contributed by atoms with Gasteiger partial charge in [0.05, 0.1) is 11.8 Å². The smallest absolute Gasteiger partial charge is 0.280 e. The molecular weight excluding hydrogens is 444 g/mol. The highest BCUT2D eigenvalue weighted by molar-refractivity contribution is 5.95. The molecule has 0 aliphatic carbocycles. The van der Waals surface area contributed by atoms with Crippen LogP contribution in [0, 0.1) is 12.8 Å². The Kier molecular flexibility index (Phi) is 5.01. The van der Waals surface area contributed by atoms with Gasteiger partial charge >= 0.3 is 0 Å². The van der Waals surface area contributed by atoms with E-state index in [0.717, 1.165) is 23.2 Å². The maximum atomic E-state index is 13.1. The normalized spacial score (nSPS) is 16.2. The van der Waals surface area contributed by atoms with Crippen molar-refractivity contribution < 1.29 is 4.79 Å². The molecule has 10 nitrogen and oxygen atoms in total. The van der Waals surface area contributed by atoms with Crippen LogP contribution in [0.15, 0.2) is 53.8 Å². The summed E-state index contributed by atoms with van der Waals surface area (Å²) in [5, 5.41) is 4.51. The number of hydrogen-bond donors (Lipinski definition) is 1. The van der Waals surface area contributed by atoms with Crippen LogP contribution >= 0.6 is 0 Å². The van der Waals surface area contributed by atoms with Gasteiger partial charge in [-0.05, 0) is 31.0 Å². The maximum absolute atomic E-state index is 13.1. The number of imidazole rings is 2. The van der Waals surface area contributed by atoms with Gasteiger partial charge in [-0.25, -0.2) is 9.97 Å². The van der Waals surface area contributed by atoms with Gasteiger partial charge in [0.25, 0.3) is 5.56 Å². The van der Waals surface area contributed by atoms with Gasteiger partial charge in [0, 0.05) is 56.3 Å². The fraction of sp³-hybridized carbons (Fsp3) is 0.320. The van der Waals surface area contributed by atoms with E-state index in [1.165, 1.54) is 0 Å². The molecule has 35 heavy (non-hydrogen) atoms. The second-order valence-corrected chi connectivity index (χ2v) is 9.20. The van der Waals surface area contributed by atoms with E-state index in [1.807, 2.05) is 64.5 Å². The number of hydrogen-bond acceptors (Lipinski definition) is 5. The number of amides is 1. The fourth-order valence-electron chi connectivity index (χ4n) is 4.94. The average molecular weight is 471 g/mol. The molecule has 1 amide bonds. The number of aryl methyl sites for hydroxylation is 2. The molecule has 0 bridgehead atoms. The predicted octanol–water partition coefficient (Wildman–Crippen LogP) is 3.01. The van der Waals surface area contributed by atoms with Gasteiger partial charge in [-0.1, -0.05) is 19.1 Å². The molecular formula is C25H26N8O2. The summed E-state index contributed by atoms with van der Waals surface area (Å²) in [6, 6.07) is 8.03. The highest BCUT2D eigenvalue weighted by atomic mass is 16.2. The topological polar surface area (TPSA) is 106 Å². The van der Waals surface area contributed by atoms with Crippen molar-refractivity contribution in [3.05, 3.63) is 65.0 Å². The number of anilines is 1. The van der Waals surface area contributed by atoms with Crippen LogP contribution in [0.5, 0.6) is 0 Å². The number of H-pyrrole nitrogens is 1. The van der Waals surface area contributed by atoms with E-state index >= 15 is 0 Å². The Hall–Kier alpha value is -4.21. The SMILES string of the molecule is CCCn1c(=O)c2[nH]c(-c3cnn(CC4CC(=O)N(c5cccc(C)c5)C4)c3)nc2n2ccnc12. The zero-order valence-electron chi connectivity index (χ0n) is 19.7. The Balaban J connectivity index is 1.26. The number of aromatic nitrogens is 7. The standard InChI is InChI=1S/C25H26N8O2/c1-3-8-32-24(35)21-23(31-9-7-26-25(31)32)29-22(28-21)18-12-27-30(15-18)13-17-11-20(34)33(14-17)19-6-4-5-16(2)10-19/h4-7,9-10,12,15,17H,3,8,11,13-14H2,1-2H3,(H,28,29). The molecule has 0 spiro atoms. The molecule has 1 N–H and O–H groups in total. The molecule has 1 aliphatic heterocycles. The highest BCUT2D eigenvalue weighted by Crippen LogP contribution is 2.27. The zero-order chi connectivity index (χ0) is 24.1. The molecule has 178 valence electrons. The van der Waals surface area contributed by atoms with Crippen molar-refractivity contribution in [3.8, 4) is 11.4 Å². The van der Waals surface area contributed by atoms with Crippen molar-refractivity contribution in [1.82, 2.24) is 33.7 Å². The molecule has 1 saturated heterocycles. The lowest BCUT2D eigenvalue weighted by Crippen LogP contribution is -2.25. The van der Waals surface area contributed by atoms with Crippen LogP contribution < -0.4 is 10.5 Å². The minimum Gasteiger partial charge on any atom is -0.332 e. The van der Waals surface area contributed by atoms with Gasteiger partial charge in [0.1, 0.15) is 5.82 Å². The summed E-state index contributed by atoms with van der Waals surface area (Å²) in [6.45, 7) is 5.94. The zero-order valence-corrected chi connectivity index (χ0v) is 19.7. The van der Waals surface area contributed by atoms with E-state index in [9.17, 15) is 9.59 Å². The third kappa shape index (κ3) is 3.61. The van der Waals surface area contributed by atoms with E-state index in [4.69, 9.17) is 4.98 Å². The Bertz CT molecular complexity index is 1620. The number of aromatic amines is 1. The minimum absolute atomic E-state index is 0.132. The first-order valence-corrected chi connectivity index (χ1v) is 11.9. The molecule has 6 rings (SSSR count). The summed E-state index contributed by atoms with van der Waals surface area (Å²) in [5.41, 5.74) is 3.73. The van der Waals surface area contributed by atoms with E-state index in [2.05, 4.69) is 15.1 Å².